The molecule has 1 saturated heterocycles. The molecule has 2 atom stereocenters. The Morgan fingerprint density at radius 1 is 0.793 bits per heavy atom. The number of phenolic OH excluding ortho intramolecular Hbond substituents is 2. The van der Waals surface area contributed by atoms with Crippen LogP contribution in [0.2, 0.25) is 0 Å². The lowest BCUT2D eigenvalue weighted by Gasteiger charge is -2.32. The minimum absolute atomic E-state index is 0.307. The summed E-state index contributed by atoms with van der Waals surface area (Å²) >= 11 is 0. The van der Waals surface area contributed by atoms with E-state index in [1.807, 2.05) is 12.1 Å². The Morgan fingerprint density at radius 3 is 1.66 bits per heavy atom. The number of benzene rings is 2. The van der Waals surface area contributed by atoms with Crippen molar-refractivity contribution in [1.82, 2.24) is 9.80 Å². The number of rotatable bonds is 6. The molecule has 2 N–H and O–H groups in total. The van der Waals surface area contributed by atoms with Crippen LogP contribution >= 0.6 is 0 Å². The van der Waals surface area contributed by atoms with E-state index in [-0.39, 0.29) is 0 Å². The Morgan fingerprint density at radius 2 is 1.24 bits per heavy atom. The largest absolute Gasteiger partial charge is 0.508 e. The van der Waals surface area contributed by atoms with Gasteiger partial charge < -0.3 is 19.7 Å². The van der Waals surface area contributed by atoms with Crippen LogP contribution in [0.4, 0.5) is 0 Å². The van der Waals surface area contributed by atoms with E-state index in [1.54, 1.807) is 38.5 Å². The smallest absolute Gasteiger partial charge is 0.120 e. The van der Waals surface area contributed by atoms with Crippen LogP contribution in [-0.4, -0.2) is 53.0 Å². The van der Waals surface area contributed by atoms with Gasteiger partial charge in [-0.05, 0) is 49.2 Å². The van der Waals surface area contributed by atoms with E-state index in [4.69, 9.17) is 9.47 Å². The molecule has 1 aliphatic heterocycles. The second kappa shape index (κ2) is 8.51. The van der Waals surface area contributed by atoms with Gasteiger partial charge in [0.2, 0.25) is 0 Å². The zero-order chi connectivity index (χ0) is 20.4. The van der Waals surface area contributed by atoms with Crippen molar-refractivity contribution in [2.75, 3.05) is 20.9 Å². The first-order valence-electron chi connectivity index (χ1n) is 10.3. The predicted molar refractivity (Wildman–Crippen MR) is 111 cm³/mol. The standard InChI is InChI=1S/C23H30N2O4/c1-28-18-7-9-22(26)16(11-18)13-24-15-25(21-6-4-3-5-20(21)24)14-17-12-19(29-2)8-10-23(17)27/h7-12,20-21,26-27H,3-6,13-15H2,1-2H3/t20-,21+. The summed E-state index contributed by atoms with van der Waals surface area (Å²) in [6.07, 6.45) is 4.80. The molecule has 1 aliphatic carbocycles. The third-order valence-electron chi connectivity index (χ3n) is 6.32. The second-order valence-electron chi connectivity index (χ2n) is 8.04. The van der Waals surface area contributed by atoms with Crippen molar-refractivity contribution in [1.29, 1.82) is 0 Å². The lowest BCUT2D eigenvalue weighted by atomic mass is 9.90. The van der Waals surface area contributed by atoms with E-state index in [1.165, 1.54) is 12.8 Å². The molecule has 2 aliphatic rings. The molecule has 1 saturated carbocycles. The van der Waals surface area contributed by atoms with Crippen molar-refractivity contribution < 1.29 is 19.7 Å². The molecular weight excluding hydrogens is 368 g/mol. The Balaban J connectivity index is 1.55. The molecule has 2 aromatic carbocycles. The summed E-state index contributed by atoms with van der Waals surface area (Å²) in [7, 11) is 3.29. The maximum Gasteiger partial charge on any atom is 0.120 e. The SMILES string of the molecule is COc1ccc(O)c(CN2CN(Cc3cc(OC)ccc3O)[C@H]3CCCC[C@H]32)c1. The molecule has 0 bridgehead atoms. The number of hydrogen-bond acceptors (Lipinski definition) is 6. The molecule has 29 heavy (non-hydrogen) atoms. The molecule has 0 unspecified atom stereocenters. The number of ether oxygens (including phenoxy) is 2. The van der Waals surface area contributed by atoms with Crippen molar-refractivity contribution in [3.63, 3.8) is 0 Å². The molecule has 0 aromatic heterocycles. The lowest BCUT2D eigenvalue weighted by molar-refractivity contribution is 0.196. The maximum absolute atomic E-state index is 10.3. The van der Waals surface area contributed by atoms with Crippen LogP contribution in [-0.2, 0) is 13.1 Å². The van der Waals surface area contributed by atoms with Gasteiger partial charge in [-0.2, -0.15) is 0 Å². The van der Waals surface area contributed by atoms with Crippen LogP contribution in [0.3, 0.4) is 0 Å². The van der Waals surface area contributed by atoms with Gasteiger partial charge in [0.25, 0.3) is 0 Å². The molecule has 6 nitrogen and oxygen atoms in total. The molecule has 0 amide bonds. The number of aromatic hydroxyl groups is 2. The maximum atomic E-state index is 10.3. The van der Waals surface area contributed by atoms with Gasteiger partial charge in [-0.3, -0.25) is 9.80 Å². The van der Waals surface area contributed by atoms with Crippen LogP contribution in [0.1, 0.15) is 36.8 Å². The average Bonchev–Trinajstić information content (AvgIpc) is 3.08. The van der Waals surface area contributed by atoms with Gasteiger partial charge >= 0.3 is 0 Å². The molecule has 0 radical (unpaired) electrons. The van der Waals surface area contributed by atoms with Crippen LogP contribution < -0.4 is 9.47 Å². The third-order valence-corrected chi connectivity index (χ3v) is 6.32. The Bertz CT molecular complexity index is 787. The number of phenols is 2. The van der Waals surface area contributed by atoms with Gasteiger partial charge in [0.05, 0.1) is 20.9 Å². The summed E-state index contributed by atoms with van der Waals surface area (Å²) in [5, 5.41) is 20.7. The molecular formula is C23H30N2O4. The summed E-state index contributed by atoms with van der Waals surface area (Å²) in [6.45, 7) is 2.18. The van der Waals surface area contributed by atoms with E-state index in [0.717, 1.165) is 42.1 Å². The number of fused-ring (bicyclic) bond motifs is 1. The fourth-order valence-corrected chi connectivity index (χ4v) is 4.79. The Hall–Kier alpha value is -2.44. The van der Waals surface area contributed by atoms with Gasteiger partial charge in [-0.1, -0.05) is 12.8 Å². The summed E-state index contributed by atoms with van der Waals surface area (Å²) < 4.78 is 10.7. The minimum atomic E-state index is 0.307. The van der Waals surface area contributed by atoms with Crippen molar-refractivity contribution in [2.45, 2.75) is 50.9 Å². The van der Waals surface area contributed by atoms with Crippen LogP contribution in [0.25, 0.3) is 0 Å². The van der Waals surface area contributed by atoms with Crippen molar-refractivity contribution >= 4 is 0 Å². The number of hydrogen-bond donors (Lipinski definition) is 2. The topological polar surface area (TPSA) is 65.4 Å². The van der Waals surface area contributed by atoms with Crippen LogP contribution in [0, 0.1) is 0 Å². The number of nitrogens with zero attached hydrogens (tertiary/aromatic N) is 2. The van der Waals surface area contributed by atoms with Crippen molar-refractivity contribution in [3.05, 3.63) is 47.5 Å². The van der Waals surface area contributed by atoms with Gasteiger partial charge in [0.1, 0.15) is 23.0 Å². The van der Waals surface area contributed by atoms with Gasteiger partial charge in [0.15, 0.2) is 0 Å². The van der Waals surface area contributed by atoms with E-state index in [9.17, 15) is 10.2 Å². The third kappa shape index (κ3) is 4.14. The summed E-state index contributed by atoms with van der Waals surface area (Å²) in [4.78, 5) is 4.91. The van der Waals surface area contributed by atoms with Gasteiger partial charge in [0, 0.05) is 36.3 Å². The molecule has 2 fully saturated rings. The normalized spacial score (nSPS) is 22.4. The van der Waals surface area contributed by atoms with E-state index >= 15 is 0 Å². The zero-order valence-corrected chi connectivity index (χ0v) is 17.2. The highest BCUT2D eigenvalue weighted by Gasteiger charge is 2.41. The minimum Gasteiger partial charge on any atom is -0.508 e. The van der Waals surface area contributed by atoms with Crippen LogP contribution in [0.5, 0.6) is 23.0 Å². The Labute approximate surface area is 172 Å². The van der Waals surface area contributed by atoms with Crippen molar-refractivity contribution in [3.8, 4) is 23.0 Å². The molecule has 2 aromatic rings. The summed E-state index contributed by atoms with van der Waals surface area (Å²) in [6, 6.07) is 11.7. The first-order chi connectivity index (χ1) is 14.1. The molecule has 0 spiro atoms. The lowest BCUT2D eigenvalue weighted by Crippen LogP contribution is -2.39. The summed E-state index contributed by atoms with van der Waals surface area (Å²) in [5.41, 5.74) is 1.78. The van der Waals surface area contributed by atoms with Crippen molar-refractivity contribution in [2.24, 2.45) is 0 Å². The second-order valence-corrected chi connectivity index (χ2v) is 8.04. The monoisotopic (exact) mass is 398 g/mol. The fraction of sp³-hybridized carbons (Fsp3) is 0.478. The van der Waals surface area contributed by atoms with Gasteiger partial charge in [-0.15, -0.1) is 0 Å². The Kier molecular flexibility index (Phi) is 5.83. The highest BCUT2D eigenvalue weighted by molar-refractivity contribution is 5.40. The molecule has 1 heterocycles. The predicted octanol–water partition coefficient (Wildman–Crippen LogP) is 3.70. The fourth-order valence-electron chi connectivity index (χ4n) is 4.79. The molecule has 6 heteroatoms. The molecule has 156 valence electrons. The van der Waals surface area contributed by atoms with E-state index in [0.29, 0.717) is 36.7 Å². The highest BCUT2D eigenvalue weighted by Crippen LogP contribution is 2.37. The van der Waals surface area contributed by atoms with E-state index < -0.39 is 0 Å². The van der Waals surface area contributed by atoms with Gasteiger partial charge in [-0.25, -0.2) is 0 Å². The number of methoxy groups -OCH3 is 2. The first-order valence-corrected chi connectivity index (χ1v) is 10.3. The van der Waals surface area contributed by atoms with E-state index in [2.05, 4.69) is 9.80 Å². The highest BCUT2D eigenvalue weighted by atomic mass is 16.5. The average molecular weight is 399 g/mol. The quantitative estimate of drug-likeness (QED) is 0.774. The molecule has 4 rings (SSSR count). The first kappa shape index (κ1) is 19.9. The summed E-state index contributed by atoms with van der Waals surface area (Å²) in [5.74, 6) is 2.13. The zero-order valence-electron chi connectivity index (χ0n) is 17.2. The van der Waals surface area contributed by atoms with Crippen LogP contribution in [0.15, 0.2) is 36.4 Å².